The molecule has 1 unspecified atom stereocenters. The first-order valence-electron chi connectivity index (χ1n) is 5.77. The average molecular weight is 220 g/mol. The Hall–Kier alpha value is -1.35. The minimum Gasteiger partial charge on any atom is -0.368 e. The van der Waals surface area contributed by atoms with Crippen molar-refractivity contribution in [3.05, 3.63) is 35.9 Å². The molecule has 0 saturated carbocycles. The Morgan fingerprint density at radius 2 is 2.00 bits per heavy atom. The van der Waals surface area contributed by atoms with Gasteiger partial charge in [0.2, 0.25) is 5.91 Å². The Morgan fingerprint density at radius 1 is 1.31 bits per heavy atom. The standard InChI is InChI=1S/C13H20N2O/c1-11(13(14)16)15-10-6-5-9-12-7-3-2-4-8-12/h2-4,7-8,11,15H,5-6,9-10H2,1H3,(H2,14,16). The van der Waals surface area contributed by atoms with Crippen molar-refractivity contribution in [1.82, 2.24) is 5.32 Å². The third-order valence-electron chi connectivity index (χ3n) is 2.61. The molecule has 0 heterocycles. The van der Waals surface area contributed by atoms with Crippen LogP contribution in [-0.4, -0.2) is 18.5 Å². The zero-order chi connectivity index (χ0) is 11.8. The van der Waals surface area contributed by atoms with Crippen LogP contribution in [0.2, 0.25) is 0 Å². The fourth-order valence-corrected chi connectivity index (χ4v) is 1.52. The van der Waals surface area contributed by atoms with Crippen LogP contribution in [-0.2, 0) is 11.2 Å². The van der Waals surface area contributed by atoms with E-state index in [1.807, 2.05) is 6.07 Å². The third-order valence-corrected chi connectivity index (χ3v) is 2.61. The molecule has 3 N–H and O–H groups in total. The van der Waals surface area contributed by atoms with Crippen molar-refractivity contribution in [2.24, 2.45) is 5.73 Å². The molecule has 0 aliphatic rings. The monoisotopic (exact) mass is 220 g/mol. The summed E-state index contributed by atoms with van der Waals surface area (Å²) < 4.78 is 0. The Labute approximate surface area is 97.0 Å². The molecule has 1 rings (SSSR count). The fourth-order valence-electron chi connectivity index (χ4n) is 1.52. The number of hydrogen-bond acceptors (Lipinski definition) is 2. The minimum atomic E-state index is -0.289. The summed E-state index contributed by atoms with van der Waals surface area (Å²) in [5.41, 5.74) is 6.51. The SMILES string of the molecule is CC(NCCCCc1ccccc1)C(N)=O. The van der Waals surface area contributed by atoms with Gasteiger partial charge in [-0.1, -0.05) is 30.3 Å². The topological polar surface area (TPSA) is 55.1 Å². The van der Waals surface area contributed by atoms with Gasteiger partial charge in [-0.05, 0) is 38.3 Å². The molecule has 88 valence electrons. The molecule has 1 atom stereocenters. The molecule has 0 radical (unpaired) electrons. The van der Waals surface area contributed by atoms with Gasteiger partial charge in [-0.2, -0.15) is 0 Å². The van der Waals surface area contributed by atoms with Crippen LogP contribution >= 0.6 is 0 Å². The summed E-state index contributed by atoms with van der Waals surface area (Å²) in [6, 6.07) is 10.2. The highest BCUT2D eigenvalue weighted by Gasteiger charge is 2.05. The summed E-state index contributed by atoms with van der Waals surface area (Å²) in [5.74, 6) is -0.289. The molecule has 0 fully saturated rings. The summed E-state index contributed by atoms with van der Waals surface area (Å²) in [4.78, 5) is 10.7. The van der Waals surface area contributed by atoms with Crippen LogP contribution in [0.15, 0.2) is 30.3 Å². The quantitative estimate of drug-likeness (QED) is 0.684. The van der Waals surface area contributed by atoms with Gasteiger partial charge in [0, 0.05) is 0 Å². The zero-order valence-electron chi connectivity index (χ0n) is 9.78. The lowest BCUT2D eigenvalue weighted by atomic mass is 10.1. The molecule has 3 heteroatoms. The number of unbranched alkanes of at least 4 members (excludes halogenated alkanes) is 1. The van der Waals surface area contributed by atoms with Gasteiger partial charge >= 0.3 is 0 Å². The van der Waals surface area contributed by atoms with Gasteiger partial charge in [-0.25, -0.2) is 0 Å². The number of benzene rings is 1. The molecule has 0 spiro atoms. The second-order valence-corrected chi connectivity index (χ2v) is 4.02. The third kappa shape index (κ3) is 4.94. The number of aryl methyl sites for hydroxylation is 1. The van der Waals surface area contributed by atoms with E-state index in [-0.39, 0.29) is 11.9 Å². The van der Waals surface area contributed by atoms with Crippen LogP contribution in [0.4, 0.5) is 0 Å². The lowest BCUT2D eigenvalue weighted by molar-refractivity contribution is -0.119. The number of nitrogens with two attached hydrogens (primary N) is 1. The van der Waals surface area contributed by atoms with Crippen LogP contribution < -0.4 is 11.1 Å². The van der Waals surface area contributed by atoms with Crippen molar-refractivity contribution in [2.75, 3.05) is 6.54 Å². The second kappa shape index (κ2) is 7.01. The van der Waals surface area contributed by atoms with Gasteiger partial charge in [-0.3, -0.25) is 4.79 Å². The molecule has 0 aliphatic carbocycles. The Kier molecular flexibility index (Phi) is 5.57. The van der Waals surface area contributed by atoms with Crippen molar-refractivity contribution in [3.63, 3.8) is 0 Å². The maximum absolute atomic E-state index is 10.7. The largest absolute Gasteiger partial charge is 0.368 e. The van der Waals surface area contributed by atoms with Gasteiger partial charge in [0.1, 0.15) is 0 Å². The van der Waals surface area contributed by atoms with Crippen molar-refractivity contribution >= 4 is 5.91 Å². The normalized spacial score (nSPS) is 12.3. The summed E-state index contributed by atoms with van der Waals surface area (Å²) in [7, 11) is 0. The fraction of sp³-hybridized carbons (Fsp3) is 0.462. The van der Waals surface area contributed by atoms with Gasteiger partial charge in [-0.15, -0.1) is 0 Å². The minimum absolute atomic E-state index is 0.225. The van der Waals surface area contributed by atoms with Crippen LogP contribution in [0.5, 0.6) is 0 Å². The Morgan fingerprint density at radius 3 is 2.62 bits per heavy atom. The van der Waals surface area contributed by atoms with E-state index >= 15 is 0 Å². The Balaban J connectivity index is 2.07. The van der Waals surface area contributed by atoms with Crippen LogP contribution in [0, 0.1) is 0 Å². The van der Waals surface area contributed by atoms with E-state index in [0.29, 0.717) is 0 Å². The second-order valence-electron chi connectivity index (χ2n) is 4.02. The summed E-state index contributed by atoms with van der Waals surface area (Å²) in [6.07, 6.45) is 3.28. The molecular weight excluding hydrogens is 200 g/mol. The molecule has 1 amide bonds. The number of primary amides is 1. The molecular formula is C13H20N2O. The van der Waals surface area contributed by atoms with E-state index in [4.69, 9.17) is 5.73 Å². The predicted octanol–water partition coefficient (Wildman–Crippen LogP) is 1.47. The summed E-state index contributed by atoms with van der Waals surface area (Å²) >= 11 is 0. The average Bonchev–Trinajstić information content (AvgIpc) is 2.29. The summed E-state index contributed by atoms with van der Waals surface area (Å²) in [5, 5.41) is 3.09. The van der Waals surface area contributed by atoms with E-state index < -0.39 is 0 Å². The lowest BCUT2D eigenvalue weighted by Crippen LogP contribution is -2.39. The van der Waals surface area contributed by atoms with Crippen LogP contribution in [0.3, 0.4) is 0 Å². The van der Waals surface area contributed by atoms with Gasteiger partial charge in [0.05, 0.1) is 6.04 Å². The first-order chi connectivity index (χ1) is 7.70. The highest BCUT2D eigenvalue weighted by Crippen LogP contribution is 2.03. The zero-order valence-corrected chi connectivity index (χ0v) is 9.78. The van der Waals surface area contributed by atoms with E-state index in [1.165, 1.54) is 5.56 Å². The van der Waals surface area contributed by atoms with E-state index in [9.17, 15) is 4.79 Å². The van der Waals surface area contributed by atoms with Crippen molar-refractivity contribution in [3.8, 4) is 0 Å². The maximum Gasteiger partial charge on any atom is 0.234 e. The van der Waals surface area contributed by atoms with Crippen molar-refractivity contribution in [1.29, 1.82) is 0 Å². The highest BCUT2D eigenvalue weighted by atomic mass is 16.1. The molecule has 0 aliphatic heterocycles. The highest BCUT2D eigenvalue weighted by molar-refractivity contribution is 5.79. The smallest absolute Gasteiger partial charge is 0.234 e. The number of hydrogen-bond donors (Lipinski definition) is 2. The number of rotatable bonds is 7. The first kappa shape index (κ1) is 12.7. The molecule has 0 aromatic heterocycles. The predicted molar refractivity (Wildman–Crippen MR) is 66.0 cm³/mol. The molecule has 0 bridgehead atoms. The van der Waals surface area contributed by atoms with E-state index in [1.54, 1.807) is 6.92 Å². The number of carbonyl (C=O) groups is 1. The summed E-state index contributed by atoms with van der Waals surface area (Å²) in [6.45, 7) is 2.64. The first-order valence-corrected chi connectivity index (χ1v) is 5.77. The van der Waals surface area contributed by atoms with Gasteiger partial charge in [0.25, 0.3) is 0 Å². The molecule has 3 nitrogen and oxygen atoms in total. The van der Waals surface area contributed by atoms with Crippen LogP contribution in [0.25, 0.3) is 0 Å². The van der Waals surface area contributed by atoms with E-state index in [0.717, 1.165) is 25.8 Å². The molecule has 16 heavy (non-hydrogen) atoms. The van der Waals surface area contributed by atoms with Gasteiger partial charge < -0.3 is 11.1 Å². The van der Waals surface area contributed by atoms with Crippen molar-refractivity contribution < 1.29 is 4.79 Å². The van der Waals surface area contributed by atoms with Crippen LogP contribution in [0.1, 0.15) is 25.3 Å². The maximum atomic E-state index is 10.7. The number of amides is 1. The van der Waals surface area contributed by atoms with Crippen molar-refractivity contribution in [2.45, 2.75) is 32.2 Å². The Bertz CT molecular complexity index is 311. The molecule has 1 aromatic rings. The number of nitrogens with one attached hydrogen (secondary N) is 1. The van der Waals surface area contributed by atoms with Gasteiger partial charge in [0.15, 0.2) is 0 Å². The molecule has 1 aromatic carbocycles. The van der Waals surface area contributed by atoms with E-state index in [2.05, 4.69) is 29.6 Å². The molecule has 0 saturated heterocycles. The number of carbonyl (C=O) groups excluding carboxylic acids is 1. The lowest BCUT2D eigenvalue weighted by Gasteiger charge is -2.09.